The van der Waals surface area contributed by atoms with Crippen molar-refractivity contribution in [1.29, 1.82) is 0 Å². The number of halogens is 3. The van der Waals surface area contributed by atoms with Crippen LogP contribution in [-0.2, 0) is 4.74 Å². The third kappa shape index (κ3) is 5.78. The van der Waals surface area contributed by atoms with Gasteiger partial charge in [0, 0.05) is 25.2 Å². The molecule has 0 radical (unpaired) electrons. The number of ether oxygens (including phenoxy) is 2. The number of carbonyl (C=O) groups is 3. The van der Waals surface area contributed by atoms with Crippen LogP contribution in [0, 0.1) is 17.6 Å². The first-order valence-corrected chi connectivity index (χ1v) is 11.7. The number of likely N-dealkylation sites (tertiary alicyclic amines) is 1. The number of carboxylic acid groups (broad SMARTS) is 1. The molecule has 0 saturated carbocycles. The molecular weight excluding hydrogens is 500 g/mol. The van der Waals surface area contributed by atoms with Crippen LogP contribution in [0.3, 0.4) is 0 Å². The van der Waals surface area contributed by atoms with Gasteiger partial charge < -0.3 is 30.1 Å². The number of amides is 3. The molecule has 2 aliphatic heterocycles. The lowest BCUT2D eigenvalue weighted by molar-refractivity contribution is 0.0863. The van der Waals surface area contributed by atoms with Crippen LogP contribution < -0.4 is 15.4 Å². The summed E-state index contributed by atoms with van der Waals surface area (Å²) in [6, 6.07) is 5.27. The number of carbonyl (C=O) groups excluding carboxylic acids is 2. The Morgan fingerprint density at radius 3 is 2.53 bits per heavy atom. The van der Waals surface area contributed by atoms with Crippen molar-refractivity contribution in [3.8, 4) is 5.75 Å². The Morgan fingerprint density at radius 1 is 1.11 bits per heavy atom. The molecule has 1 saturated heterocycles. The van der Waals surface area contributed by atoms with E-state index < -0.39 is 35.8 Å². The molecule has 12 heteroatoms. The van der Waals surface area contributed by atoms with E-state index in [4.69, 9.17) is 26.2 Å². The summed E-state index contributed by atoms with van der Waals surface area (Å²) < 4.78 is 39.1. The first-order valence-electron chi connectivity index (χ1n) is 11.4. The number of hydrogen-bond donors (Lipinski definition) is 3. The Balaban J connectivity index is 1.41. The minimum absolute atomic E-state index is 0.00157. The van der Waals surface area contributed by atoms with Crippen molar-refractivity contribution < 1.29 is 37.7 Å². The Labute approximate surface area is 210 Å². The van der Waals surface area contributed by atoms with Gasteiger partial charge in [0.1, 0.15) is 17.4 Å². The van der Waals surface area contributed by atoms with E-state index in [2.05, 4.69) is 10.6 Å². The SMILES string of the molecule is O=C(N[C@H]1CCOc2c(C(=O)Nc3ccc(F)c(Cl)c3)ccc(F)c21)OCC1CCN(C(=O)O)CC1. The summed E-state index contributed by atoms with van der Waals surface area (Å²) in [4.78, 5) is 37.6. The maximum atomic E-state index is 14.8. The van der Waals surface area contributed by atoms with E-state index in [1.807, 2.05) is 0 Å². The zero-order valence-corrected chi connectivity index (χ0v) is 19.8. The maximum absolute atomic E-state index is 14.8. The first-order chi connectivity index (χ1) is 17.2. The number of alkyl carbamates (subject to hydrolysis) is 1. The zero-order valence-electron chi connectivity index (χ0n) is 19.1. The average Bonchev–Trinajstić information content (AvgIpc) is 2.85. The van der Waals surface area contributed by atoms with Gasteiger partial charge in [0.15, 0.2) is 0 Å². The Kier molecular flexibility index (Phi) is 7.78. The van der Waals surface area contributed by atoms with Gasteiger partial charge in [-0.2, -0.15) is 0 Å². The van der Waals surface area contributed by atoms with Crippen LogP contribution in [0.2, 0.25) is 5.02 Å². The lowest BCUT2D eigenvalue weighted by atomic mass is 9.96. The van der Waals surface area contributed by atoms with Gasteiger partial charge in [-0.25, -0.2) is 18.4 Å². The molecule has 2 aromatic rings. The van der Waals surface area contributed by atoms with E-state index in [-0.39, 0.29) is 53.1 Å². The largest absolute Gasteiger partial charge is 0.492 e. The molecule has 0 aromatic heterocycles. The van der Waals surface area contributed by atoms with Crippen molar-refractivity contribution in [2.75, 3.05) is 31.6 Å². The molecule has 0 unspecified atom stereocenters. The van der Waals surface area contributed by atoms with Crippen LogP contribution in [0.15, 0.2) is 30.3 Å². The van der Waals surface area contributed by atoms with Crippen molar-refractivity contribution >= 4 is 35.4 Å². The van der Waals surface area contributed by atoms with E-state index in [0.29, 0.717) is 25.9 Å². The molecular formula is C24H24ClF2N3O6. The van der Waals surface area contributed by atoms with Gasteiger partial charge in [-0.1, -0.05) is 11.6 Å². The molecule has 36 heavy (non-hydrogen) atoms. The fourth-order valence-electron chi connectivity index (χ4n) is 4.24. The number of nitrogens with one attached hydrogen (secondary N) is 2. The second-order valence-electron chi connectivity index (χ2n) is 8.57. The van der Waals surface area contributed by atoms with Gasteiger partial charge in [-0.15, -0.1) is 0 Å². The zero-order chi connectivity index (χ0) is 25.8. The lowest BCUT2D eigenvalue weighted by Crippen LogP contribution is -2.39. The van der Waals surface area contributed by atoms with Gasteiger partial charge in [-0.3, -0.25) is 4.79 Å². The summed E-state index contributed by atoms with van der Waals surface area (Å²) in [6.07, 6.45) is -0.308. The van der Waals surface area contributed by atoms with Crippen molar-refractivity contribution in [3.63, 3.8) is 0 Å². The molecule has 0 aliphatic carbocycles. The summed E-state index contributed by atoms with van der Waals surface area (Å²) >= 11 is 5.76. The predicted molar refractivity (Wildman–Crippen MR) is 125 cm³/mol. The Bertz CT molecular complexity index is 1170. The normalized spacial score (nSPS) is 17.5. The molecule has 2 heterocycles. The van der Waals surface area contributed by atoms with Gasteiger partial charge in [-0.05, 0) is 49.1 Å². The number of fused-ring (bicyclic) bond motifs is 1. The molecule has 1 atom stereocenters. The van der Waals surface area contributed by atoms with Crippen molar-refractivity contribution in [3.05, 3.63) is 58.1 Å². The van der Waals surface area contributed by atoms with Gasteiger partial charge in [0.25, 0.3) is 5.91 Å². The molecule has 4 rings (SSSR count). The predicted octanol–water partition coefficient (Wildman–Crippen LogP) is 4.81. The first kappa shape index (κ1) is 25.5. The van der Waals surface area contributed by atoms with Crippen LogP contribution in [0.5, 0.6) is 5.75 Å². The van der Waals surface area contributed by atoms with Gasteiger partial charge >= 0.3 is 12.2 Å². The number of nitrogens with zero attached hydrogens (tertiary/aromatic N) is 1. The van der Waals surface area contributed by atoms with Crippen molar-refractivity contribution in [2.45, 2.75) is 25.3 Å². The molecule has 2 aliphatic rings. The minimum atomic E-state index is -0.971. The second kappa shape index (κ2) is 11.0. The average molecular weight is 524 g/mol. The highest BCUT2D eigenvalue weighted by molar-refractivity contribution is 6.31. The Hall–Kier alpha value is -3.60. The quantitative estimate of drug-likeness (QED) is 0.518. The molecule has 0 spiro atoms. The fraction of sp³-hybridized carbons (Fsp3) is 0.375. The summed E-state index contributed by atoms with van der Waals surface area (Å²) in [5.41, 5.74) is 0.308. The number of rotatable bonds is 5. The molecule has 1 fully saturated rings. The van der Waals surface area contributed by atoms with Crippen molar-refractivity contribution in [1.82, 2.24) is 10.2 Å². The van der Waals surface area contributed by atoms with Gasteiger partial charge in [0.2, 0.25) is 0 Å². The standard InChI is InChI=1S/C24H24ClF2N3O6/c25-16-11-14(1-3-17(16)26)28-22(31)15-2-4-18(27)20-19(7-10-35-21(15)20)29-23(32)36-12-13-5-8-30(9-6-13)24(33)34/h1-4,11,13,19H,5-10,12H2,(H,28,31)(H,29,32)(H,33,34)/t19-/m0/s1. The van der Waals surface area contributed by atoms with Gasteiger partial charge in [0.05, 0.1) is 35.4 Å². The highest BCUT2D eigenvalue weighted by Crippen LogP contribution is 2.37. The lowest BCUT2D eigenvalue weighted by Gasteiger charge is -2.30. The van der Waals surface area contributed by atoms with E-state index in [1.54, 1.807) is 0 Å². The molecule has 0 bridgehead atoms. The van der Waals surface area contributed by atoms with Crippen molar-refractivity contribution in [2.24, 2.45) is 5.92 Å². The highest BCUT2D eigenvalue weighted by Gasteiger charge is 2.31. The number of piperidine rings is 1. The Morgan fingerprint density at radius 2 is 1.83 bits per heavy atom. The topological polar surface area (TPSA) is 117 Å². The molecule has 3 N–H and O–H groups in total. The molecule has 9 nitrogen and oxygen atoms in total. The molecule has 3 amide bonds. The van der Waals surface area contributed by atoms with Crippen LogP contribution in [0.4, 0.5) is 24.1 Å². The number of hydrogen-bond acceptors (Lipinski definition) is 5. The summed E-state index contributed by atoms with van der Waals surface area (Å²) in [5, 5.41) is 14.1. The minimum Gasteiger partial charge on any atom is -0.492 e. The third-order valence-electron chi connectivity index (χ3n) is 6.19. The van der Waals surface area contributed by atoms with Crippen LogP contribution in [0.1, 0.15) is 41.2 Å². The highest BCUT2D eigenvalue weighted by atomic mass is 35.5. The maximum Gasteiger partial charge on any atom is 0.407 e. The molecule has 2 aromatic carbocycles. The summed E-state index contributed by atoms with van der Waals surface area (Å²) in [5.74, 6) is -1.88. The number of benzene rings is 2. The van der Waals surface area contributed by atoms with Crippen LogP contribution >= 0.6 is 11.6 Å². The van der Waals surface area contributed by atoms with E-state index in [9.17, 15) is 23.2 Å². The smallest absolute Gasteiger partial charge is 0.407 e. The fourth-order valence-corrected chi connectivity index (χ4v) is 4.42. The third-order valence-corrected chi connectivity index (χ3v) is 6.48. The monoisotopic (exact) mass is 523 g/mol. The van der Waals surface area contributed by atoms with Crippen LogP contribution in [-0.4, -0.2) is 54.4 Å². The van der Waals surface area contributed by atoms with E-state index in [0.717, 1.165) is 12.1 Å². The van der Waals surface area contributed by atoms with E-state index in [1.165, 1.54) is 23.1 Å². The summed E-state index contributed by atoms with van der Waals surface area (Å²) in [7, 11) is 0. The molecule has 192 valence electrons. The second-order valence-corrected chi connectivity index (χ2v) is 8.97. The number of anilines is 1. The summed E-state index contributed by atoms with van der Waals surface area (Å²) in [6.45, 7) is 0.981. The van der Waals surface area contributed by atoms with E-state index >= 15 is 0 Å². The van der Waals surface area contributed by atoms with Crippen LogP contribution in [0.25, 0.3) is 0 Å².